The fourth-order valence-corrected chi connectivity index (χ4v) is 9.14. The molecule has 0 atom stereocenters. The van der Waals surface area contributed by atoms with E-state index >= 15 is 0 Å². The minimum Gasteiger partial charge on any atom is -0.492 e. The Balaban J connectivity index is 1.27. The van der Waals surface area contributed by atoms with Crippen molar-refractivity contribution in [1.29, 1.82) is 0 Å². The van der Waals surface area contributed by atoms with Crippen molar-refractivity contribution in [3.8, 4) is 39.1 Å². The van der Waals surface area contributed by atoms with Gasteiger partial charge in [0.25, 0.3) is 0 Å². The summed E-state index contributed by atoms with van der Waals surface area (Å²) in [4.78, 5) is 3.56. The van der Waals surface area contributed by atoms with E-state index in [-0.39, 0.29) is 0 Å². The number of hydrogen-bond donors (Lipinski definition) is 4. The first-order valence-corrected chi connectivity index (χ1v) is 17.9. The van der Waals surface area contributed by atoms with Crippen LogP contribution in [-0.2, 0) is 0 Å². The zero-order valence-corrected chi connectivity index (χ0v) is 29.2. The predicted molar refractivity (Wildman–Crippen MR) is 206 cm³/mol. The van der Waals surface area contributed by atoms with E-state index < -0.39 is 7.92 Å². The molecule has 6 heteroatoms. The molecule has 6 aromatic rings. The van der Waals surface area contributed by atoms with Gasteiger partial charge >= 0.3 is 0 Å². The second kappa shape index (κ2) is 14.6. The summed E-state index contributed by atoms with van der Waals surface area (Å²) in [6.07, 6.45) is 0.956. The first kappa shape index (κ1) is 31.9. The van der Waals surface area contributed by atoms with E-state index in [0.717, 1.165) is 65.1 Å². The van der Waals surface area contributed by atoms with Crippen LogP contribution in [-0.4, -0.2) is 6.61 Å². The van der Waals surface area contributed by atoms with Crippen molar-refractivity contribution in [2.45, 2.75) is 32.9 Å². The molecule has 0 fully saturated rings. The fourth-order valence-electron chi connectivity index (χ4n) is 5.41. The van der Waals surface area contributed by atoms with Crippen molar-refractivity contribution in [1.82, 2.24) is 0 Å². The van der Waals surface area contributed by atoms with Gasteiger partial charge in [0.1, 0.15) is 5.75 Å². The van der Waals surface area contributed by atoms with E-state index in [1.54, 1.807) is 0 Å². The highest BCUT2D eigenvalue weighted by molar-refractivity contribution is 7.81. The Labute approximate surface area is 289 Å². The summed E-state index contributed by atoms with van der Waals surface area (Å²) >= 11 is 19.4. The number of hydrogen-bond acceptors (Lipinski definition) is 5. The smallest absolute Gasteiger partial charge is 0.132 e. The summed E-state index contributed by atoms with van der Waals surface area (Å²) in [5.41, 5.74) is 6.37. The number of benzene rings is 6. The predicted octanol–water partition coefficient (Wildman–Crippen LogP) is 10.4. The SMILES string of the molecule is CCCOc1ccc(-c2ccc(-c3ccc(-c4ccc(P(c5ccccc5)c5ccccc5)cc4S)cc3S)cc2S)cc1S. The van der Waals surface area contributed by atoms with Gasteiger partial charge in [0.05, 0.1) is 6.61 Å². The third-order valence-corrected chi connectivity index (χ3v) is 11.5. The largest absolute Gasteiger partial charge is 0.492 e. The van der Waals surface area contributed by atoms with Crippen LogP contribution in [0.15, 0.2) is 153 Å². The van der Waals surface area contributed by atoms with Crippen LogP contribution >= 0.6 is 58.4 Å². The average molecular weight is 677 g/mol. The molecule has 0 spiro atoms. The highest BCUT2D eigenvalue weighted by atomic mass is 32.1. The van der Waals surface area contributed by atoms with Crippen molar-refractivity contribution in [3.63, 3.8) is 0 Å². The Kier molecular flexibility index (Phi) is 10.3. The van der Waals surface area contributed by atoms with Crippen LogP contribution < -0.4 is 20.7 Å². The lowest BCUT2D eigenvalue weighted by Gasteiger charge is -2.20. The molecule has 0 unspecified atom stereocenters. The molecule has 0 aliphatic rings. The third-order valence-electron chi connectivity index (χ3n) is 7.62. The van der Waals surface area contributed by atoms with E-state index in [9.17, 15) is 0 Å². The molecule has 0 aliphatic heterocycles. The van der Waals surface area contributed by atoms with Crippen molar-refractivity contribution in [3.05, 3.63) is 133 Å². The molecular formula is C39H33OPS4. The van der Waals surface area contributed by atoms with Gasteiger partial charge in [-0.25, -0.2) is 0 Å². The van der Waals surface area contributed by atoms with Crippen LogP contribution in [0, 0.1) is 0 Å². The maximum atomic E-state index is 5.79. The second-order valence-corrected chi connectivity index (χ2v) is 14.9. The van der Waals surface area contributed by atoms with Crippen LogP contribution in [0.4, 0.5) is 0 Å². The zero-order chi connectivity index (χ0) is 31.3. The molecule has 6 rings (SSSR count). The van der Waals surface area contributed by atoms with Crippen LogP contribution in [0.25, 0.3) is 33.4 Å². The first-order valence-electron chi connectivity index (χ1n) is 14.8. The van der Waals surface area contributed by atoms with Gasteiger partial charge in [0.15, 0.2) is 0 Å². The summed E-state index contributed by atoms with van der Waals surface area (Å²) in [6, 6.07) is 46.9. The molecule has 0 radical (unpaired) electrons. The minimum atomic E-state index is -0.696. The minimum absolute atomic E-state index is 0.675. The van der Waals surface area contributed by atoms with E-state index in [1.165, 1.54) is 15.9 Å². The topological polar surface area (TPSA) is 9.23 Å². The van der Waals surface area contributed by atoms with Gasteiger partial charge in [0.2, 0.25) is 0 Å². The Morgan fingerprint density at radius 1 is 0.467 bits per heavy atom. The molecule has 6 aromatic carbocycles. The average Bonchev–Trinajstić information content (AvgIpc) is 3.05. The highest BCUT2D eigenvalue weighted by Gasteiger charge is 2.18. The van der Waals surface area contributed by atoms with Gasteiger partial charge < -0.3 is 4.74 Å². The van der Waals surface area contributed by atoms with Gasteiger partial charge in [-0.2, -0.15) is 0 Å². The van der Waals surface area contributed by atoms with E-state index in [0.29, 0.717) is 6.61 Å². The third kappa shape index (κ3) is 7.19. The lowest BCUT2D eigenvalue weighted by Crippen LogP contribution is -2.20. The fraction of sp³-hybridized carbons (Fsp3) is 0.0769. The Bertz CT molecular complexity index is 1900. The Hall–Kier alpha value is -3.05. The quantitative estimate of drug-likeness (QED) is 0.0881. The van der Waals surface area contributed by atoms with Gasteiger partial charge in [0, 0.05) is 19.6 Å². The molecule has 0 saturated heterocycles. The molecule has 1 nitrogen and oxygen atoms in total. The number of thiol groups is 4. The Morgan fingerprint density at radius 3 is 1.36 bits per heavy atom. The van der Waals surface area contributed by atoms with Crippen molar-refractivity contribution in [2.24, 2.45) is 0 Å². The molecular weight excluding hydrogens is 644 g/mol. The van der Waals surface area contributed by atoms with Crippen LogP contribution in [0.3, 0.4) is 0 Å². The van der Waals surface area contributed by atoms with Crippen molar-refractivity contribution >= 4 is 74.4 Å². The van der Waals surface area contributed by atoms with Crippen molar-refractivity contribution < 1.29 is 4.74 Å². The normalized spacial score (nSPS) is 11.2. The first-order chi connectivity index (χ1) is 21.9. The van der Waals surface area contributed by atoms with E-state index in [1.807, 2.05) is 12.1 Å². The molecule has 0 aliphatic carbocycles. The molecule has 0 heterocycles. The summed E-state index contributed by atoms with van der Waals surface area (Å²) in [6.45, 7) is 2.77. The van der Waals surface area contributed by atoms with Crippen LogP contribution in [0.1, 0.15) is 13.3 Å². The number of ether oxygens (including phenoxy) is 1. The molecule has 0 amide bonds. The molecule has 0 N–H and O–H groups in total. The van der Waals surface area contributed by atoms with Gasteiger partial charge in [-0.05, 0) is 94.0 Å². The second-order valence-electron chi connectivity index (χ2n) is 10.7. The van der Waals surface area contributed by atoms with E-state index in [4.69, 9.17) is 42.6 Å². The monoisotopic (exact) mass is 676 g/mol. The lowest BCUT2D eigenvalue weighted by atomic mass is 9.97. The summed E-state index contributed by atoms with van der Waals surface area (Å²) in [5, 5.41) is 3.91. The standard InChI is InChI=1S/C39H33OPS4/c1-2-21-40-35-20-15-28(24-39(35)45)33-18-13-26(22-37(33)43)32-17-14-27(23-36(32)42)34-19-16-31(25-38(34)44)41(29-9-5-3-6-10-29)30-11-7-4-8-12-30/h3-20,22-25,42-45H,2,21H2,1H3. The Morgan fingerprint density at radius 2 is 0.911 bits per heavy atom. The maximum Gasteiger partial charge on any atom is 0.132 e. The maximum absolute atomic E-state index is 5.79. The van der Waals surface area contributed by atoms with Gasteiger partial charge in [-0.1, -0.05) is 110 Å². The van der Waals surface area contributed by atoms with Gasteiger partial charge in [-0.15, -0.1) is 50.5 Å². The molecule has 0 saturated carbocycles. The van der Waals surface area contributed by atoms with E-state index in [2.05, 4.69) is 141 Å². The molecule has 224 valence electrons. The number of rotatable bonds is 9. The molecule has 0 bridgehead atoms. The van der Waals surface area contributed by atoms with Gasteiger partial charge in [-0.3, -0.25) is 0 Å². The highest BCUT2D eigenvalue weighted by Crippen LogP contribution is 2.39. The zero-order valence-electron chi connectivity index (χ0n) is 24.8. The lowest BCUT2D eigenvalue weighted by molar-refractivity contribution is 0.310. The summed E-state index contributed by atoms with van der Waals surface area (Å²) in [7, 11) is -0.696. The molecule has 45 heavy (non-hydrogen) atoms. The summed E-state index contributed by atoms with van der Waals surface area (Å²) < 4.78 is 5.79. The van der Waals surface area contributed by atoms with Crippen LogP contribution in [0.2, 0.25) is 0 Å². The summed E-state index contributed by atoms with van der Waals surface area (Å²) in [5.74, 6) is 0.799. The van der Waals surface area contributed by atoms with Crippen molar-refractivity contribution in [2.75, 3.05) is 6.61 Å². The van der Waals surface area contributed by atoms with Crippen LogP contribution in [0.5, 0.6) is 5.75 Å². The molecule has 0 aromatic heterocycles.